The SMILES string of the molecule is CC(C)(C)OC(=O)NC1C[C@@H](NC(=O)OC(C)(C)C)[C@@H](O)C(O)[C@@H]1O[C@H]1OC(CN)[C@@H](O)[C@H](O)C1NC(=O)OC(C)(C)C. The second kappa shape index (κ2) is 14.1. The van der Waals surface area contributed by atoms with Gasteiger partial charge in [-0.3, -0.25) is 0 Å². The van der Waals surface area contributed by atoms with E-state index in [1.807, 2.05) is 0 Å². The fourth-order valence-electron chi connectivity index (χ4n) is 4.59. The molecule has 1 heterocycles. The summed E-state index contributed by atoms with van der Waals surface area (Å²) in [4.78, 5) is 37.8. The topological polar surface area (TPSA) is 240 Å². The first-order valence-corrected chi connectivity index (χ1v) is 14.2. The number of aliphatic hydroxyl groups excluding tert-OH is 4. The maximum Gasteiger partial charge on any atom is 0.408 e. The zero-order valence-corrected chi connectivity index (χ0v) is 26.3. The van der Waals surface area contributed by atoms with E-state index in [1.165, 1.54) is 0 Å². The molecule has 43 heavy (non-hydrogen) atoms. The quantitative estimate of drug-likeness (QED) is 0.176. The maximum atomic E-state index is 12.8. The molecule has 0 bridgehead atoms. The summed E-state index contributed by atoms with van der Waals surface area (Å²) in [5.74, 6) is 0. The average Bonchev–Trinajstić information content (AvgIpc) is 2.80. The summed E-state index contributed by atoms with van der Waals surface area (Å²) < 4.78 is 27.7. The fourth-order valence-corrected chi connectivity index (χ4v) is 4.59. The lowest BCUT2D eigenvalue weighted by Crippen LogP contribution is -2.69. The third-order valence-electron chi connectivity index (χ3n) is 6.32. The molecule has 250 valence electrons. The van der Waals surface area contributed by atoms with Gasteiger partial charge in [-0.05, 0) is 68.7 Å². The van der Waals surface area contributed by atoms with Crippen molar-refractivity contribution >= 4 is 18.3 Å². The highest BCUT2D eigenvalue weighted by atomic mass is 16.7. The molecule has 1 saturated heterocycles. The number of rotatable bonds is 6. The highest BCUT2D eigenvalue weighted by Gasteiger charge is 2.51. The van der Waals surface area contributed by atoms with E-state index in [-0.39, 0.29) is 13.0 Å². The molecule has 1 aliphatic heterocycles. The fraction of sp³-hybridized carbons (Fsp3) is 0.889. The zero-order chi connectivity index (χ0) is 33.1. The molecule has 0 aromatic heterocycles. The predicted octanol–water partition coefficient (Wildman–Crippen LogP) is -0.418. The van der Waals surface area contributed by atoms with Crippen molar-refractivity contribution in [2.24, 2.45) is 5.73 Å². The first-order valence-electron chi connectivity index (χ1n) is 14.2. The lowest BCUT2D eigenvalue weighted by Gasteiger charge is -2.47. The largest absolute Gasteiger partial charge is 0.444 e. The van der Waals surface area contributed by atoms with Crippen LogP contribution in [0.3, 0.4) is 0 Å². The van der Waals surface area contributed by atoms with Gasteiger partial charge in [-0.25, -0.2) is 14.4 Å². The number of aliphatic hydroxyl groups is 4. The number of amides is 3. The van der Waals surface area contributed by atoms with E-state index in [4.69, 9.17) is 29.4 Å². The number of hydrogen-bond donors (Lipinski definition) is 8. The van der Waals surface area contributed by atoms with Crippen LogP contribution in [0, 0.1) is 0 Å². The Hall–Kier alpha value is -2.47. The van der Waals surface area contributed by atoms with Gasteiger partial charge in [-0.2, -0.15) is 0 Å². The van der Waals surface area contributed by atoms with E-state index in [0.717, 1.165) is 0 Å². The van der Waals surface area contributed by atoms with Gasteiger partial charge in [0.15, 0.2) is 6.29 Å². The molecule has 2 fully saturated rings. The van der Waals surface area contributed by atoms with Crippen molar-refractivity contribution in [1.82, 2.24) is 16.0 Å². The van der Waals surface area contributed by atoms with Crippen molar-refractivity contribution in [2.45, 2.75) is 147 Å². The van der Waals surface area contributed by atoms with Crippen molar-refractivity contribution < 1.29 is 58.5 Å². The summed E-state index contributed by atoms with van der Waals surface area (Å²) in [5.41, 5.74) is 3.08. The molecule has 9 N–H and O–H groups in total. The van der Waals surface area contributed by atoms with Crippen LogP contribution in [0.25, 0.3) is 0 Å². The van der Waals surface area contributed by atoms with Crippen LogP contribution < -0.4 is 21.7 Å². The van der Waals surface area contributed by atoms with Crippen molar-refractivity contribution in [2.75, 3.05) is 6.54 Å². The van der Waals surface area contributed by atoms with Crippen molar-refractivity contribution in [1.29, 1.82) is 0 Å². The van der Waals surface area contributed by atoms with Crippen LogP contribution in [0.15, 0.2) is 0 Å². The maximum absolute atomic E-state index is 12.8. The number of ether oxygens (including phenoxy) is 5. The van der Waals surface area contributed by atoms with Crippen LogP contribution in [0.1, 0.15) is 68.7 Å². The van der Waals surface area contributed by atoms with Crippen LogP contribution in [-0.2, 0) is 23.7 Å². The van der Waals surface area contributed by atoms with Crippen LogP contribution in [-0.4, -0.2) is 123 Å². The van der Waals surface area contributed by atoms with Crippen molar-refractivity contribution in [3.05, 3.63) is 0 Å². The molecule has 2 aliphatic rings. The lowest BCUT2D eigenvalue weighted by atomic mass is 9.83. The van der Waals surface area contributed by atoms with E-state index in [2.05, 4.69) is 16.0 Å². The predicted molar refractivity (Wildman–Crippen MR) is 151 cm³/mol. The summed E-state index contributed by atoms with van der Waals surface area (Å²) in [6.45, 7) is 14.5. The van der Waals surface area contributed by atoms with Crippen LogP contribution in [0.4, 0.5) is 14.4 Å². The minimum atomic E-state index is -1.75. The minimum Gasteiger partial charge on any atom is -0.444 e. The number of alkyl carbamates (subject to hydrolysis) is 3. The summed E-state index contributed by atoms with van der Waals surface area (Å²) in [5, 5.41) is 51.1. The van der Waals surface area contributed by atoms with E-state index in [0.29, 0.717) is 0 Å². The standard InChI is InChI=1S/C27H50N4O12/c1-25(2,3)41-22(36)29-12-10-13(30-23(37)42-26(4,5)6)20(19(35)16(12)32)40-21-15(31-24(38)43-27(7,8)9)18(34)17(33)14(11-28)39-21/h12-21,32-35H,10-11,28H2,1-9H3,(H,29,36)(H,30,37)(H,31,38)/t12-,13?,14?,15?,16-,17-,18-,19?,20-,21-/m1/s1. The Morgan fingerprint density at radius 2 is 1.14 bits per heavy atom. The van der Waals surface area contributed by atoms with Gasteiger partial charge in [0.25, 0.3) is 0 Å². The third-order valence-corrected chi connectivity index (χ3v) is 6.32. The number of nitrogens with two attached hydrogens (primary N) is 1. The van der Waals surface area contributed by atoms with Gasteiger partial charge in [0.1, 0.15) is 59.5 Å². The summed E-state index contributed by atoms with van der Waals surface area (Å²) >= 11 is 0. The van der Waals surface area contributed by atoms with E-state index < -0.39 is 96.1 Å². The molecule has 0 spiro atoms. The molecule has 16 nitrogen and oxygen atoms in total. The van der Waals surface area contributed by atoms with Crippen LogP contribution in [0.5, 0.6) is 0 Å². The Morgan fingerprint density at radius 1 is 0.698 bits per heavy atom. The van der Waals surface area contributed by atoms with Gasteiger partial charge < -0.3 is 65.8 Å². The number of carbonyl (C=O) groups is 3. The number of nitrogens with one attached hydrogen (secondary N) is 3. The van der Waals surface area contributed by atoms with E-state index in [9.17, 15) is 34.8 Å². The van der Waals surface area contributed by atoms with Crippen LogP contribution >= 0.6 is 0 Å². The first kappa shape index (κ1) is 36.7. The molecular weight excluding hydrogens is 572 g/mol. The molecule has 1 saturated carbocycles. The number of carbonyl (C=O) groups excluding carboxylic acids is 3. The second-order valence-electron chi connectivity index (χ2n) is 13.8. The average molecular weight is 623 g/mol. The smallest absolute Gasteiger partial charge is 0.408 e. The molecule has 1 aliphatic carbocycles. The van der Waals surface area contributed by atoms with E-state index >= 15 is 0 Å². The highest BCUT2D eigenvalue weighted by Crippen LogP contribution is 2.30. The Kier molecular flexibility index (Phi) is 12.0. The van der Waals surface area contributed by atoms with Gasteiger partial charge in [0.2, 0.25) is 0 Å². The van der Waals surface area contributed by atoms with Gasteiger partial charge in [-0.15, -0.1) is 0 Å². The minimum absolute atomic E-state index is 0.163. The molecular formula is C27H50N4O12. The molecule has 4 unspecified atom stereocenters. The molecule has 3 amide bonds. The molecule has 0 aromatic carbocycles. The zero-order valence-electron chi connectivity index (χ0n) is 26.3. The Labute approximate surface area is 251 Å². The Balaban J connectivity index is 2.39. The van der Waals surface area contributed by atoms with Gasteiger partial charge in [-0.1, -0.05) is 0 Å². The number of hydrogen-bond acceptors (Lipinski definition) is 13. The normalized spacial score (nSPS) is 33.6. The van der Waals surface area contributed by atoms with Crippen LogP contribution in [0.2, 0.25) is 0 Å². The third kappa shape index (κ3) is 11.2. The molecule has 10 atom stereocenters. The molecule has 2 rings (SSSR count). The second-order valence-corrected chi connectivity index (χ2v) is 13.8. The lowest BCUT2D eigenvalue weighted by molar-refractivity contribution is -0.292. The van der Waals surface area contributed by atoms with E-state index in [1.54, 1.807) is 62.3 Å². The summed E-state index contributed by atoms with van der Waals surface area (Å²) in [7, 11) is 0. The molecule has 16 heteroatoms. The van der Waals surface area contributed by atoms with Gasteiger partial charge in [0.05, 0.1) is 12.1 Å². The van der Waals surface area contributed by atoms with Crippen molar-refractivity contribution in [3.63, 3.8) is 0 Å². The first-order chi connectivity index (χ1) is 19.5. The Morgan fingerprint density at radius 3 is 1.58 bits per heavy atom. The summed E-state index contributed by atoms with van der Waals surface area (Å²) in [6.07, 6.45) is -13.5. The molecule has 0 aromatic rings. The van der Waals surface area contributed by atoms with Gasteiger partial charge >= 0.3 is 18.3 Å². The molecule has 0 radical (unpaired) electrons. The highest BCUT2D eigenvalue weighted by molar-refractivity contribution is 5.69. The van der Waals surface area contributed by atoms with Crippen molar-refractivity contribution in [3.8, 4) is 0 Å². The van der Waals surface area contributed by atoms with Gasteiger partial charge in [0, 0.05) is 6.54 Å². The Bertz CT molecular complexity index is 963. The summed E-state index contributed by atoms with van der Waals surface area (Å²) in [6, 6.07) is -3.65. The monoisotopic (exact) mass is 622 g/mol.